The minimum atomic E-state index is 0.00212. The third-order valence-corrected chi connectivity index (χ3v) is 3.30. The van der Waals surface area contributed by atoms with E-state index >= 15 is 0 Å². The van der Waals surface area contributed by atoms with Gasteiger partial charge in [-0.2, -0.15) is 4.98 Å². The van der Waals surface area contributed by atoms with Gasteiger partial charge < -0.3 is 15.2 Å². The first kappa shape index (κ1) is 12.7. The summed E-state index contributed by atoms with van der Waals surface area (Å²) in [4.78, 5) is 15.9. The van der Waals surface area contributed by atoms with Gasteiger partial charge in [-0.25, -0.2) is 0 Å². The van der Waals surface area contributed by atoms with Crippen LogP contribution in [0.25, 0.3) is 0 Å². The molecule has 104 valence electrons. The molecule has 0 aliphatic carbocycles. The second-order valence-corrected chi connectivity index (χ2v) is 4.69. The van der Waals surface area contributed by atoms with E-state index in [2.05, 4.69) is 20.8 Å². The summed E-state index contributed by atoms with van der Waals surface area (Å²) in [6.07, 6.45) is 1.62. The molecule has 0 bridgehead atoms. The number of amides is 1. The molecule has 6 nitrogen and oxygen atoms in total. The molecule has 3 rings (SSSR count). The first-order valence-corrected chi connectivity index (χ1v) is 6.72. The molecule has 2 N–H and O–H groups in total. The van der Waals surface area contributed by atoms with E-state index in [0.717, 1.165) is 29.7 Å². The van der Waals surface area contributed by atoms with Gasteiger partial charge in [0.1, 0.15) is 0 Å². The molecular formula is C14H16N4O2. The summed E-state index contributed by atoms with van der Waals surface area (Å²) >= 11 is 0. The van der Waals surface area contributed by atoms with Crippen LogP contribution in [-0.2, 0) is 19.4 Å². The molecule has 1 aliphatic rings. The number of nitrogens with one attached hydrogen (secondary N) is 2. The van der Waals surface area contributed by atoms with Crippen molar-refractivity contribution in [3.8, 4) is 0 Å². The predicted molar refractivity (Wildman–Crippen MR) is 73.5 cm³/mol. The Bertz CT molecular complexity index is 636. The van der Waals surface area contributed by atoms with Gasteiger partial charge in [0.25, 0.3) is 5.91 Å². The van der Waals surface area contributed by atoms with Crippen LogP contribution in [0.3, 0.4) is 0 Å². The molecular weight excluding hydrogens is 256 g/mol. The molecule has 2 aromatic rings. The van der Waals surface area contributed by atoms with Crippen LogP contribution in [0.2, 0.25) is 0 Å². The highest BCUT2D eigenvalue weighted by Gasteiger charge is 2.16. The summed E-state index contributed by atoms with van der Waals surface area (Å²) in [6.45, 7) is 3.16. The van der Waals surface area contributed by atoms with Crippen molar-refractivity contribution < 1.29 is 9.32 Å². The average Bonchev–Trinajstić information content (AvgIpc) is 2.93. The molecule has 1 amide bonds. The van der Waals surface area contributed by atoms with Gasteiger partial charge in [-0.3, -0.25) is 4.79 Å². The minimum Gasteiger partial charge on any atom is -0.376 e. The topological polar surface area (TPSA) is 80.0 Å². The lowest BCUT2D eigenvalue weighted by Crippen LogP contribution is -2.31. The maximum Gasteiger partial charge on any atom is 0.251 e. The number of aryl methyl sites for hydroxylation is 1. The molecule has 1 aliphatic heterocycles. The maximum absolute atomic E-state index is 11.6. The zero-order valence-electron chi connectivity index (χ0n) is 11.3. The number of aromatic nitrogens is 2. The number of nitrogens with zero attached hydrogens (tertiary/aromatic N) is 2. The van der Waals surface area contributed by atoms with E-state index in [0.29, 0.717) is 24.8 Å². The Morgan fingerprint density at radius 3 is 3.15 bits per heavy atom. The first-order valence-electron chi connectivity index (χ1n) is 6.72. The predicted octanol–water partition coefficient (Wildman–Crippen LogP) is 1.53. The van der Waals surface area contributed by atoms with Gasteiger partial charge in [-0.05, 0) is 30.2 Å². The summed E-state index contributed by atoms with van der Waals surface area (Å²) in [5.41, 5.74) is 2.78. The van der Waals surface area contributed by atoms with Crippen LogP contribution in [0.1, 0.15) is 34.6 Å². The Hall–Kier alpha value is -2.37. The molecule has 0 radical (unpaired) electrons. The molecule has 2 heterocycles. The Labute approximate surface area is 116 Å². The lowest BCUT2D eigenvalue weighted by molar-refractivity contribution is 0.0946. The van der Waals surface area contributed by atoms with E-state index in [-0.39, 0.29) is 5.91 Å². The first-order chi connectivity index (χ1) is 9.76. The molecule has 0 spiro atoms. The van der Waals surface area contributed by atoms with Gasteiger partial charge in [-0.15, -0.1) is 0 Å². The van der Waals surface area contributed by atoms with Crippen LogP contribution < -0.4 is 10.6 Å². The van der Waals surface area contributed by atoms with Crippen molar-refractivity contribution in [3.63, 3.8) is 0 Å². The van der Waals surface area contributed by atoms with Crippen LogP contribution in [-0.4, -0.2) is 22.6 Å². The number of benzene rings is 1. The van der Waals surface area contributed by atoms with Gasteiger partial charge >= 0.3 is 0 Å². The van der Waals surface area contributed by atoms with Gasteiger partial charge in [-0.1, -0.05) is 12.1 Å². The fourth-order valence-corrected chi connectivity index (χ4v) is 2.22. The molecule has 1 aromatic carbocycles. The number of fused-ring (bicyclic) bond motifs is 1. The van der Waals surface area contributed by atoms with E-state index in [1.165, 1.54) is 0 Å². The normalized spacial score (nSPS) is 13.8. The fourth-order valence-electron chi connectivity index (χ4n) is 2.22. The van der Waals surface area contributed by atoms with Crippen LogP contribution >= 0.6 is 0 Å². The average molecular weight is 272 g/mol. The van der Waals surface area contributed by atoms with Gasteiger partial charge in [0, 0.05) is 24.2 Å². The smallest absolute Gasteiger partial charge is 0.251 e. The van der Waals surface area contributed by atoms with E-state index < -0.39 is 0 Å². The Morgan fingerprint density at radius 1 is 1.45 bits per heavy atom. The van der Waals surface area contributed by atoms with E-state index in [9.17, 15) is 4.79 Å². The molecule has 1 aromatic heterocycles. The van der Waals surface area contributed by atoms with E-state index in [1.807, 2.05) is 25.1 Å². The minimum absolute atomic E-state index is 0.00212. The zero-order chi connectivity index (χ0) is 13.9. The van der Waals surface area contributed by atoms with Crippen LogP contribution in [0.4, 0.5) is 5.69 Å². The number of rotatable bonds is 4. The van der Waals surface area contributed by atoms with Crippen molar-refractivity contribution >= 4 is 11.6 Å². The molecule has 0 fully saturated rings. The largest absolute Gasteiger partial charge is 0.376 e. The monoisotopic (exact) mass is 272 g/mol. The summed E-state index contributed by atoms with van der Waals surface area (Å²) in [5, 5.41) is 9.92. The van der Waals surface area contributed by atoms with Crippen LogP contribution in [0.5, 0.6) is 0 Å². The molecule has 0 saturated carbocycles. The highest BCUT2D eigenvalue weighted by Crippen LogP contribution is 2.19. The lowest BCUT2D eigenvalue weighted by Gasteiger charge is -2.17. The van der Waals surface area contributed by atoms with Crippen molar-refractivity contribution in [2.24, 2.45) is 0 Å². The molecule has 0 unspecified atom stereocenters. The summed E-state index contributed by atoms with van der Waals surface area (Å²) in [6, 6.07) is 5.74. The van der Waals surface area contributed by atoms with Crippen molar-refractivity contribution in [2.45, 2.75) is 26.3 Å². The number of carbonyl (C=O) groups is 1. The molecule has 0 saturated heterocycles. The van der Waals surface area contributed by atoms with Crippen molar-refractivity contribution in [3.05, 3.63) is 41.0 Å². The van der Waals surface area contributed by atoms with Crippen molar-refractivity contribution in [1.82, 2.24) is 15.5 Å². The van der Waals surface area contributed by atoms with Gasteiger partial charge in [0.15, 0.2) is 5.82 Å². The highest BCUT2D eigenvalue weighted by atomic mass is 16.5. The number of hydrogen-bond acceptors (Lipinski definition) is 5. The quantitative estimate of drug-likeness (QED) is 0.882. The molecule has 0 atom stereocenters. The number of anilines is 1. The summed E-state index contributed by atoms with van der Waals surface area (Å²) in [5.74, 6) is 1.28. The van der Waals surface area contributed by atoms with E-state index in [4.69, 9.17) is 4.52 Å². The Morgan fingerprint density at radius 2 is 2.35 bits per heavy atom. The zero-order valence-corrected chi connectivity index (χ0v) is 11.3. The summed E-state index contributed by atoms with van der Waals surface area (Å²) < 4.78 is 5.12. The van der Waals surface area contributed by atoms with Gasteiger partial charge in [0.05, 0.1) is 6.54 Å². The van der Waals surface area contributed by atoms with Crippen molar-refractivity contribution in [1.29, 1.82) is 0 Å². The molecule has 20 heavy (non-hydrogen) atoms. The maximum atomic E-state index is 11.6. The summed E-state index contributed by atoms with van der Waals surface area (Å²) in [7, 11) is 0. The van der Waals surface area contributed by atoms with Crippen LogP contribution in [0.15, 0.2) is 22.7 Å². The SMILES string of the molecule is CCc1noc(CNc2ccc3c(c2)CCNC3=O)n1. The third-order valence-electron chi connectivity index (χ3n) is 3.30. The Balaban J connectivity index is 1.70. The number of carbonyl (C=O) groups excluding carboxylic acids is 1. The number of hydrogen-bond donors (Lipinski definition) is 2. The fraction of sp³-hybridized carbons (Fsp3) is 0.357. The van der Waals surface area contributed by atoms with Crippen molar-refractivity contribution in [2.75, 3.05) is 11.9 Å². The van der Waals surface area contributed by atoms with Gasteiger partial charge in [0.2, 0.25) is 5.89 Å². The van der Waals surface area contributed by atoms with Crippen LogP contribution in [0, 0.1) is 0 Å². The lowest BCUT2D eigenvalue weighted by atomic mass is 10.00. The van der Waals surface area contributed by atoms with E-state index in [1.54, 1.807) is 0 Å². The molecule has 6 heteroatoms. The second-order valence-electron chi connectivity index (χ2n) is 4.69. The second kappa shape index (κ2) is 5.32. The third kappa shape index (κ3) is 2.49. The standard InChI is InChI=1S/C14H16N4O2/c1-2-12-17-13(20-18-12)8-16-10-3-4-11-9(7-10)5-6-15-14(11)19/h3-4,7,16H,2,5-6,8H2,1H3,(H,15,19). The Kier molecular flexibility index (Phi) is 3.37. The highest BCUT2D eigenvalue weighted by molar-refractivity contribution is 5.97.